The summed E-state index contributed by atoms with van der Waals surface area (Å²) in [6, 6.07) is 8.25. The number of nitrogens with one attached hydrogen (secondary N) is 3. The van der Waals surface area contributed by atoms with E-state index in [0.29, 0.717) is 5.69 Å². The molecule has 3 aromatic rings. The Bertz CT molecular complexity index is 1380. The first-order valence-corrected chi connectivity index (χ1v) is 11.1. The van der Waals surface area contributed by atoms with E-state index >= 15 is 0 Å². The van der Waals surface area contributed by atoms with Crippen molar-refractivity contribution in [2.75, 3.05) is 23.1 Å². The van der Waals surface area contributed by atoms with Gasteiger partial charge in [-0.1, -0.05) is 0 Å². The number of aromatic nitrogens is 2. The molecule has 2 heterocycles. The van der Waals surface area contributed by atoms with Gasteiger partial charge >= 0.3 is 0 Å². The average molecular weight is 475 g/mol. The summed E-state index contributed by atoms with van der Waals surface area (Å²) in [4.78, 5) is 20.1. The fourth-order valence-corrected chi connectivity index (χ4v) is 4.63. The third-order valence-electron chi connectivity index (χ3n) is 5.15. The van der Waals surface area contributed by atoms with Crippen LogP contribution in [0.15, 0.2) is 47.5 Å². The fraction of sp³-hybridized carbons (Fsp3) is 0.190. The summed E-state index contributed by atoms with van der Waals surface area (Å²) in [5.74, 6) is -2.22. The van der Waals surface area contributed by atoms with Crippen molar-refractivity contribution >= 4 is 44.6 Å². The van der Waals surface area contributed by atoms with Crippen molar-refractivity contribution in [1.29, 1.82) is 0 Å². The van der Waals surface area contributed by atoms with Gasteiger partial charge in [0.05, 0.1) is 23.9 Å². The van der Waals surface area contributed by atoms with Crippen molar-refractivity contribution in [3.63, 3.8) is 0 Å². The minimum absolute atomic E-state index is 0.0148. The van der Waals surface area contributed by atoms with Crippen LogP contribution in [0.4, 0.5) is 37.6 Å². The number of hydrogen-bond acceptors (Lipinski definition) is 8. The van der Waals surface area contributed by atoms with Crippen LogP contribution < -0.4 is 20.7 Å². The molecule has 0 unspecified atom stereocenters. The fourth-order valence-electron chi connectivity index (χ4n) is 3.13. The first-order valence-electron chi connectivity index (χ1n) is 9.63. The van der Waals surface area contributed by atoms with E-state index in [1.54, 1.807) is 0 Å². The second-order valence-corrected chi connectivity index (χ2v) is 10.1. The van der Waals surface area contributed by atoms with Gasteiger partial charge in [-0.2, -0.15) is 4.98 Å². The molecule has 12 heteroatoms. The highest BCUT2D eigenvalue weighted by Gasteiger charge is 2.47. The van der Waals surface area contributed by atoms with Gasteiger partial charge in [0, 0.05) is 17.4 Å². The summed E-state index contributed by atoms with van der Waals surface area (Å²) in [6.07, 6.45) is 0.921. The predicted octanol–water partition coefficient (Wildman–Crippen LogP) is 3.76. The number of fused-ring (bicyclic) bond motifs is 1. The second-order valence-electron chi connectivity index (χ2n) is 7.67. The van der Waals surface area contributed by atoms with Crippen LogP contribution in [0.25, 0.3) is 0 Å². The maximum absolute atomic E-state index is 14.3. The molecule has 2 aromatic carbocycles. The molecule has 9 nitrogen and oxygen atoms in total. The van der Waals surface area contributed by atoms with Crippen LogP contribution in [0.2, 0.25) is 0 Å². The van der Waals surface area contributed by atoms with Crippen molar-refractivity contribution in [2.24, 2.45) is 0 Å². The number of sulfone groups is 1. The molecule has 0 saturated heterocycles. The Morgan fingerprint density at radius 3 is 2.42 bits per heavy atom. The van der Waals surface area contributed by atoms with Crippen LogP contribution in [-0.2, 0) is 14.6 Å². The van der Waals surface area contributed by atoms with Crippen molar-refractivity contribution in [3.05, 3.63) is 54.2 Å². The molecule has 33 heavy (non-hydrogen) atoms. The Hall–Kier alpha value is -3.80. The number of amides is 1. The SMILES string of the molecule is COc1ccc(Nc2ncc(F)c(Nc3ccc4c(c3)NC(=O)C(C)(C)S4(=O)=O)n2)cc1F. The van der Waals surface area contributed by atoms with Crippen LogP contribution in [0, 0.1) is 11.6 Å². The minimum atomic E-state index is -3.91. The number of methoxy groups -OCH3 is 1. The highest BCUT2D eigenvalue weighted by atomic mass is 32.2. The van der Waals surface area contributed by atoms with Gasteiger partial charge in [-0.25, -0.2) is 22.2 Å². The number of carbonyl (C=O) groups is 1. The van der Waals surface area contributed by atoms with E-state index in [2.05, 4.69) is 25.9 Å². The third-order valence-corrected chi connectivity index (χ3v) is 7.61. The molecule has 1 aliphatic rings. The molecule has 1 aliphatic heterocycles. The van der Waals surface area contributed by atoms with Gasteiger partial charge in [0.15, 0.2) is 33.0 Å². The molecule has 0 bridgehead atoms. The highest BCUT2D eigenvalue weighted by molar-refractivity contribution is 7.94. The Morgan fingerprint density at radius 1 is 1.03 bits per heavy atom. The van der Waals surface area contributed by atoms with Crippen LogP contribution in [0.1, 0.15) is 13.8 Å². The maximum Gasteiger partial charge on any atom is 0.245 e. The van der Waals surface area contributed by atoms with Crippen LogP contribution in [-0.4, -0.2) is 36.1 Å². The Morgan fingerprint density at radius 2 is 1.73 bits per heavy atom. The Balaban J connectivity index is 1.61. The lowest BCUT2D eigenvalue weighted by Gasteiger charge is -2.30. The number of nitrogens with zero attached hydrogens (tertiary/aromatic N) is 2. The molecule has 0 radical (unpaired) electrons. The summed E-state index contributed by atoms with van der Waals surface area (Å²) < 4.78 is 57.0. The Labute approximate surface area is 188 Å². The molecule has 172 valence electrons. The van der Waals surface area contributed by atoms with E-state index < -0.39 is 32.1 Å². The number of carbonyl (C=O) groups excluding carboxylic acids is 1. The van der Waals surface area contributed by atoms with E-state index in [9.17, 15) is 22.0 Å². The smallest absolute Gasteiger partial charge is 0.245 e. The summed E-state index contributed by atoms with van der Waals surface area (Å²) in [5.41, 5.74) is 0.670. The number of anilines is 5. The quantitative estimate of drug-likeness (QED) is 0.510. The van der Waals surface area contributed by atoms with E-state index in [1.165, 1.54) is 57.4 Å². The summed E-state index contributed by atoms with van der Waals surface area (Å²) >= 11 is 0. The maximum atomic E-state index is 14.3. The number of hydrogen-bond donors (Lipinski definition) is 3. The largest absolute Gasteiger partial charge is 0.494 e. The van der Waals surface area contributed by atoms with Crippen LogP contribution in [0.5, 0.6) is 5.75 Å². The zero-order valence-electron chi connectivity index (χ0n) is 17.7. The van der Waals surface area contributed by atoms with Gasteiger partial charge in [-0.3, -0.25) is 4.79 Å². The molecule has 4 rings (SSSR count). The van der Waals surface area contributed by atoms with E-state index in [1.807, 2.05) is 0 Å². The van der Waals surface area contributed by atoms with Gasteiger partial charge in [-0.05, 0) is 44.2 Å². The molecule has 0 spiro atoms. The van der Waals surface area contributed by atoms with Gasteiger partial charge in [0.1, 0.15) is 4.75 Å². The molecular formula is C21H19F2N5O4S. The Kier molecular flexibility index (Phi) is 5.40. The molecule has 0 fully saturated rings. The van der Waals surface area contributed by atoms with Crippen molar-refractivity contribution in [3.8, 4) is 5.75 Å². The predicted molar refractivity (Wildman–Crippen MR) is 118 cm³/mol. The summed E-state index contributed by atoms with van der Waals surface area (Å²) in [7, 11) is -2.56. The second kappa shape index (κ2) is 7.96. The first kappa shape index (κ1) is 22.4. The number of benzene rings is 2. The van der Waals surface area contributed by atoms with Gasteiger partial charge < -0.3 is 20.7 Å². The monoisotopic (exact) mass is 475 g/mol. The van der Waals surface area contributed by atoms with Crippen LogP contribution >= 0.6 is 0 Å². The number of rotatable bonds is 5. The zero-order chi connectivity index (χ0) is 24.0. The summed E-state index contributed by atoms with van der Waals surface area (Å²) in [6.45, 7) is 2.65. The molecule has 1 amide bonds. The van der Waals surface area contributed by atoms with E-state index in [0.717, 1.165) is 6.20 Å². The minimum Gasteiger partial charge on any atom is -0.494 e. The zero-order valence-corrected chi connectivity index (χ0v) is 18.5. The molecule has 1 aromatic heterocycles. The average Bonchev–Trinajstić information content (AvgIpc) is 2.75. The molecule has 3 N–H and O–H groups in total. The van der Waals surface area contributed by atoms with Crippen molar-refractivity contribution in [2.45, 2.75) is 23.5 Å². The lowest BCUT2D eigenvalue weighted by Crippen LogP contribution is -2.48. The van der Waals surface area contributed by atoms with E-state index in [-0.39, 0.29) is 33.8 Å². The molecule has 0 atom stereocenters. The third kappa shape index (κ3) is 3.93. The highest BCUT2D eigenvalue weighted by Crippen LogP contribution is 2.38. The summed E-state index contributed by atoms with van der Waals surface area (Å²) in [5, 5.41) is 8.06. The van der Waals surface area contributed by atoms with Gasteiger partial charge in [0.25, 0.3) is 0 Å². The molecular weight excluding hydrogens is 456 g/mol. The number of ether oxygens (including phenoxy) is 1. The lowest BCUT2D eigenvalue weighted by atomic mass is 10.1. The van der Waals surface area contributed by atoms with Gasteiger partial charge in [-0.15, -0.1) is 0 Å². The lowest BCUT2D eigenvalue weighted by molar-refractivity contribution is -0.118. The topological polar surface area (TPSA) is 122 Å². The van der Waals surface area contributed by atoms with Crippen molar-refractivity contribution < 1.29 is 26.7 Å². The standard InChI is InChI=1S/C21H19F2N5O4S/c1-21(2)19(29)27-15-9-12(5-7-17(15)33(21,30)31)25-18-14(23)10-24-20(28-18)26-11-4-6-16(32-3)13(22)8-11/h4-10H,1-3H3,(H,27,29)(H2,24,25,26,28). The van der Waals surface area contributed by atoms with Crippen molar-refractivity contribution in [1.82, 2.24) is 9.97 Å². The molecule has 0 saturated carbocycles. The van der Waals surface area contributed by atoms with E-state index in [4.69, 9.17) is 4.74 Å². The van der Waals surface area contributed by atoms with Crippen LogP contribution in [0.3, 0.4) is 0 Å². The normalized spacial score (nSPS) is 15.8. The van der Waals surface area contributed by atoms with Gasteiger partial charge in [0.2, 0.25) is 11.9 Å². The molecule has 0 aliphatic carbocycles. The number of halogens is 2. The first-order chi connectivity index (χ1) is 15.5.